The van der Waals surface area contributed by atoms with Gasteiger partial charge in [-0.25, -0.2) is 4.39 Å². The van der Waals surface area contributed by atoms with Crippen LogP contribution in [0, 0.1) is 18.7 Å². The van der Waals surface area contributed by atoms with Gasteiger partial charge in [-0.15, -0.1) is 0 Å². The third-order valence-electron chi connectivity index (χ3n) is 2.81. The van der Waals surface area contributed by atoms with Crippen molar-refractivity contribution < 1.29 is 9.13 Å². The van der Waals surface area contributed by atoms with Crippen LogP contribution in [-0.2, 0) is 11.3 Å². The third-order valence-corrected chi connectivity index (χ3v) is 2.81. The first-order valence-corrected chi connectivity index (χ1v) is 6.63. The fourth-order valence-corrected chi connectivity index (χ4v) is 1.61. The highest BCUT2D eigenvalue weighted by molar-refractivity contribution is 5.23. The van der Waals surface area contributed by atoms with E-state index in [9.17, 15) is 4.39 Å². The van der Waals surface area contributed by atoms with Gasteiger partial charge in [0.05, 0.1) is 6.61 Å². The number of rotatable bonds is 8. The molecule has 0 aliphatic carbocycles. The molecule has 3 heteroatoms. The van der Waals surface area contributed by atoms with Gasteiger partial charge in [0.25, 0.3) is 0 Å². The predicted octanol–water partition coefficient (Wildman–Crippen LogP) is 3.29. The molecule has 0 fully saturated rings. The van der Waals surface area contributed by atoms with Crippen molar-refractivity contribution >= 4 is 0 Å². The molecular weight excluding hydrogens is 229 g/mol. The van der Waals surface area contributed by atoms with E-state index in [0.717, 1.165) is 38.3 Å². The van der Waals surface area contributed by atoms with Crippen LogP contribution in [-0.4, -0.2) is 19.8 Å². The van der Waals surface area contributed by atoms with Crippen molar-refractivity contribution in [1.29, 1.82) is 0 Å². The molecule has 0 saturated carbocycles. The molecule has 18 heavy (non-hydrogen) atoms. The molecule has 0 saturated heterocycles. The Labute approximate surface area is 110 Å². The Morgan fingerprint density at radius 1 is 1.28 bits per heavy atom. The molecule has 0 amide bonds. The zero-order valence-corrected chi connectivity index (χ0v) is 11.6. The summed E-state index contributed by atoms with van der Waals surface area (Å²) in [5.74, 6) is 0.552. The Balaban J connectivity index is 2.09. The van der Waals surface area contributed by atoms with Crippen LogP contribution in [0.1, 0.15) is 31.4 Å². The number of ether oxygens (including phenoxy) is 1. The van der Waals surface area contributed by atoms with E-state index in [1.807, 2.05) is 12.1 Å². The molecule has 2 nitrogen and oxygen atoms in total. The minimum absolute atomic E-state index is 0.143. The zero-order valence-electron chi connectivity index (χ0n) is 11.6. The van der Waals surface area contributed by atoms with Crippen LogP contribution in [0.2, 0.25) is 0 Å². The summed E-state index contributed by atoms with van der Waals surface area (Å²) < 4.78 is 18.6. The summed E-state index contributed by atoms with van der Waals surface area (Å²) in [5, 5.41) is 3.29. The van der Waals surface area contributed by atoms with E-state index in [2.05, 4.69) is 19.2 Å². The van der Waals surface area contributed by atoms with E-state index in [1.54, 1.807) is 6.92 Å². The van der Waals surface area contributed by atoms with E-state index in [-0.39, 0.29) is 5.82 Å². The van der Waals surface area contributed by atoms with E-state index in [4.69, 9.17) is 4.74 Å². The van der Waals surface area contributed by atoms with E-state index >= 15 is 0 Å². The highest BCUT2D eigenvalue weighted by Crippen LogP contribution is 2.08. The number of benzene rings is 1. The Morgan fingerprint density at radius 3 is 2.72 bits per heavy atom. The largest absolute Gasteiger partial charge is 0.380 e. The van der Waals surface area contributed by atoms with Gasteiger partial charge in [-0.1, -0.05) is 26.0 Å². The van der Waals surface area contributed by atoms with Crippen molar-refractivity contribution in [2.24, 2.45) is 5.92 Å². The lowest BCUT2D eigenvalue weighted by molar-refractivity contribution is 0.125. The quantitative estimate of drug-likeness (QED) is 0.718. The summed E-state index contributed by atoms with van der Waals surface area (Å²) in [5.41, 5.74) is 1.80. The summed E-state index contributed by atoms with van der Waals surface area (Å²) in [6.45, 7) is 9.32. The van der Waals surface area contributed by atoms with Gasteiger partial charge in [0.2, 0.25) is 0 Å². The summed E-state index contributed by atoms with van der Waals surface area (Å²) in [7, 11) is 0. The Bertz CT molecular complexity index is 352. The molecule has 1 rings (SSSR count). The standard InChI is InChI=1S/C15H24FNO/c1-12(2)6-8-18-9-7-17-11-14-4-5-15(16)13(3)10-14/h4-5,10,12,17H,6-9,11H2,1-3H3. The summed E-state index contributed by atoms with van der Waals surface area (Å²) >= 11 is 0. The first-order valence-electron chi connectivity index (χ1n) is 6.63. The first-order chi connectivity index (χ1) is 8.59. The fourth-order valence-electron chi connectivity index (χ4n) is 1.61. The van der Waals surface area contributed by atoms with E-state index in [0.29, 0.717) is 11.5 Å². The Kier molecular flexibility index (Phi) is 6.91. The second-order valence-corrected chi connectivity index (χ2v) is 5.06. The van der Waals surface area contributed by atoms with Crippen LogP contribution in [0.4, 0.5) is 4.39 Å². The molecule has 0 atom stereocenters. The van der Waals surface area contributed by atoms with Gasteiger partial charge in [0, 0.05) is 19.7 Å². The first kappa shape index (κ1) is 15.1. The van der Waals surface area contributed by atoms with Gasteiger partial charge < -0.3 is 10.1 Å². The highest BCUT2D eigenvalue weighted by atomic mass is 19.1. The Morgan fingerprint density at radius 2 is 2.06 bits per heavy atom. The number of hydrogen-bond donors (Lipinski definition) is 1. The minimum Gasteiger partial charge on any atom is -0.380 e. The minimum atomic E-state index is -0.143. The van der Waals surface area contributed by atoms with Gasteiger partial charge >= 0.3 is 0 Å². The lowest BCUT2D eigenvalue weighted by atomic mass is 10.1. The van der Waals surface area contributed by atoms with Crippen molar-refractivity contribution in [3.8, 4) is 0 Å². The second-order valence-electron chi connectivity index (χ2n) is 5.06. The number of nitrogens with one attached hydrogen (secondary N) is 1. The maximum atomic E-state index is 13.1. The van der Waals surface area contributed by atoms with Gasteiger partial charge in [-0.05, 0) is 36.5 Å². The molecule has 0 radical (unpaired) electrons. The van der Waals surface area contributed by atoms with Crippen LogP contribution in [0.25, 0.3) is 0 Å². The monoisotopic (exact) mass is 253 g/mol. The van der Waals surface area contributed by atoms with Crippen molar-refractivity contribution in [1.82, 2.24) is 5.32 Å². The smallest absolute Gasteiger partial charge is 0.126 e. The molecule has 0 aromatic heterocycles. The molecule has 0 unspecified atom stereocenters. The predicted molar refractivity (Wildman–Crippen MR) is 73.1 cm³/mol. The molecule has 1 N–H and O–H groups in total. The summed E-state index contributed by atoms with van der Waals surface area (Å²) in [6, 6.07) is 5.21. The topological polar surface area (TPSA) is 21.3 Å². The molecule has 0 spiro atoms. The lowest BCUT2D eigenvalue weighted by Gasteiger charge is -2.08. The van der Waals surface area contributed by atoms with E-state index < -0.39 is 0 Å². The van der Waals surface area contributed by atoms with Crippen molar-refractivity contribution in [2.45, 2.75) is 33.7 Å². The molecule has 0 aliphatic rings. The van der Waals surface area contributed by atoms with Gasteiger partial charge in [-0.2, -0.15) is 0 Å². The van der Waals surface area contributed by atoms with Crippen LogP contribution >= 0.6 is 0 Å². The third kappa shape index (κ3) is 6.12. The molecular formula is C15H24FNO. The number of aryl methyl sites for hydroxylation is 1. The molecule has 1 aromatic carbocycles. The van der Waals surface area contributed by atoms with Crippen molar-refractivity contribution in [3.63, 3.8) is 0 Å². The van der Waals surface area contributed by atoms with Crippen molar-refractivity contribution in [3.05, 3.63) is 35.1 Å². The second kappa shape index (κ2) is 8.22. The van der Waals surface area contributed by atoms with Crippen LogP contribution in [0.3, 0.4) is 0 Å². The average molecular weight is 253 g/mol. The van der Waals surface area contributed by atoms with Crippen LogP contribution in [0.15, 0.2) is 18.2 Å². The summed E-state index contributed by atoms with van der Waals surface area (Å²) in [6.07, 6.45) is 1.11. The lowest BCUT2D eigenvalue weighted by Crippen LogP contribution is -2.19. The molecule has 102 valence electrons. The maximum absolute atomic E-state index is 13.1. The fraction of sp³-hybridized carbons (Fsp3) is 0.600. The van der Waals surface area contributed by atoms with E-state index in [1.165, 1.54) is 6.07 Å². The SMILES string of the molecule is Cc1cc(CNCCOCCC(C)C)ccc1F. The highest BCUT2D eigenvalue weighted by Gasteiger charge is 1.99. The Hall–Kier alpha value is -0.930. The number of hydrogen-bond acceptors (Lipinski definition) is 2. The van der Waals surface area contributed by atoms with Gasteiger partial charge in [-0.3, -0.25) is 0 Å². The molecule has 0 aliphatic heterocycles. The van der Waals surface area contributed by atoms with Crippen LogP contribution in [0.5, 0.6) is 0 Å². The molecule has 0 bridgehead atoms. The maximum Gasteiger partial charge on any atom is 0.126 e. The summed E-state index contributed by atoms with van der Waals surface area (Å²) in [4.78, 5) is 0. The average Bonchev–Trinajstić information content (AvgIpc) is 2.32. The zero-order chi connectivity index (χ0) is 13.4. The molecule has 1 aromatic rings. The number of halogens is 1. The van der Waals surface area contributed by atoms with Gasteiger partial charge in [0.15, 0.2) is 0 Å². The van der Waals surface area contributed by atoms with Crippen LogP contribution < -0.4 is 5.32 Å². The van der Waals surface area contributed by atoms with Crippen molar-refractivity contribution in [2.75, 3.05) is 19.8 Å². The molecule has 0 heterocycles. The normalized spacial score (nSPS) is 11.2. The van der Waals surface area contributed by atoms with Gasteiger partial charge in [0.1, 0.15) is 5.82 Å².